The third kappa shape index (κ3) is 4.30. The number of hydrogen-bond acceptors (Lipinski definition) is 3. The lowest BCUT2D eigenvalue weighted by Crippen LogP contribution is -2.21. The van der Waals surface area contributed by atoms with Crippen LogP contribution in [0.4, 0.5) is 10.1 Å². The van der Waals surface area contributed by atoms with E-state index in [2.05, 4.69) is 5.32 Å². The Morgan fingerprint density at radius 1 is 1.23 bits per heavy atom. The Bertz CT molecular complexity index is 718. The number of halogens is 2. The van der Waals surface area contributed by atoms with Crippen molar-refractivity contribution in [2.45, 2.75) is 6.92 Å². The summed E-state index contributed by atoms with van der Waals surface area (Å²) in [5, 5.41) is 2.88. The summed E-state index contributed by atoms with van der Waals surface area (Å²) >= 11 is 5.77. The van der Waals surface area contributed by atoms with Gasteiger partial charge in [0.1, 0.15) is 5.82 Å². The molecule has 0 atom stereocenters. The number of carbonyl (C=O) groups excluding carboxylic acids is 2. The average Bonchev–Trinajstić information content (AvgIpc) is 2.48. The second-order valence-electron chi connectivity index (χ2n) is 4.59. The Morgan fingerprint density at radius 3 is 2.73 bits per heavy atom. The molecule has 114 valence electrons. The van der Waals surface area contributed by atoms with Gasteiger partial charge in [0.25, 0.3) is 5.91 Å². The normalized spacial score (nSPS) is 10.1. The van der Waals surface area contributed by atoms with Crippen LogP contribution in [0, 0.1) is 12.7 Å². The summed E-state index contributed by atoms with van der Waals surface area (Å²) in [5.41, 5.74) is 1.29. The number of nitrogens with one attached hydrogen (secondary N) is 1. The largest absolute Gasteiger partial charge is 0.452 e. The van der Waals surface area contributed by atoms with Crippen molar-refractivity contribution in [3.8, 4) is 0 Å². The molecular weight excluding hydrogens is 309 g/mol. The van der Waals surface area contributed by atoms with Gasteiger partial charge in [-0.3, -0.25) is 4.79 Å². The molecule has 0 fully saturated rings. The summed E-state index contributed by atoms with van der Waals surface area (Å²) in [5.74, 6) is -1.67. The zero-order valence-corrected chi connectivity index (χ0v) is 12.5. The minimum atomic E-state index is -0.659. The minimum absolute atomic E-state index is 0.252. The third-order valence-corrected chi connectivity index (χ3v) is 3.10. The first-order valence-corrected chi connectivity index (χ1v) is 6.82. The van der Waals surface area contributed by atoms with E-state index in [1.54, 1.807) is 25.1 Å². The van der Waals surface area contributed by atoms with Gasteiger partial charge < -0.3 is 10.1 Å². The quantitative estimate of drug-likeness (QED) is 0.876. The molecule has 2 rings (SSSR count). The van der Waals surface area contributed by atoms with Crippen molar-refractivity contribution in [1.82, 2.24) is 0 Å². The first kappa shape index (κ1) is 16.0. The van der Waals surface area contributed by atoms with Gasteiger partial charge in [0.05, 0.1) is 5.56 Å². The lowest BCUT2D eigenvalue weighted by Gasteiger charge is -2.09. The highest BCUT2D eigenvalue weighted by molar-refractivity contribution is 6.30. The van der Waals surface area contributed by atoms with Crippen molar-refractivity contribution < 1.29 is 18.7 Å². The van der Waals surface area contributed by atoms with Gasteiger partial charge >= 0.3 is 5.97 Å². The second-order valence-corrected chi connectivity index (χ2v) is 5.03. The number of hydrogen-bond donors (Lipinski definition) is 1. The SMILES string of the molecule is Cc1ccc(F)cc1NC(=O)COC(=O)c1cccc(Cl)c1. The van der Waals surface area contributed by atoms with Gasteiger partial charge in [-0.05, 0) is 42.8 Å². The molecule has 1 N–H and O–H groups in total. The fraction of sp³-hybridized carbons (Fsp3) is 0.125. The number of amides is 1. The predicted octanol–water partition coefficient (Wildman–Crippen LogP) is 3.58. The summed E-state index contributed by atoms with van der Waals surface area (Å²) in [7, 11) is 0. The van der Waals surface area contributed by atoms with Crippen molar-refractivity contribution in [2.75, 3.05) is 11.9 Å². The zero-order chi connectivity index (χ0) is 16.1. The Kier molecular flexibility index (Phi) is 5.12. The first-order valence-electron chi connectivity index (χ1n) is 6.44. The Balaban J connectivity index is 1.93. The second kappa shape index (κ2) is 7.04. The van der Waals surface area contributed by atoms with Gasteiger partial charge in [0.2, 0.25) is 0 Å². The van der Waals surface area contributed by atoms with Crippen molar-refractivity contribution >= 4 is 29.2 Å². The van der Waals surface area contributed by atoms with E-state index in [1.165, 1.54) is 24.3 Å². The summed E-state index contributed by atoms with van der Waals surface area (Å²) in [6.07, 6.45) is 0. The Hall–Kier alpha value is -2.40. The molecule has 0 radical (unpaired) electrons. The van der Waals surface area contributed by atoms with Crippen LogP contribution in [-0.4, -0.2) is 18.5 Å². The van der Waals surface area contributed by atoms with E-state index >= 15 is 0 Å². The molecule has 0 aromatic heterocycles. The highest BCUT2D eigenvalue weighted by Crippen LogP contribution is 2.16. The molecule has 0 aliphatic heterocycles. The molecule has 6 heteroatoms. The molecule has 0 saturated carbocycles. The maximum atomic E-state index is 13.1. The molecule has 0 aliphatic carbocycles. The molecule has 2 aromatic carbocycles. The van der Waals surface area contributed by atoms with E-state index in [4.69, 9.17) is 16.3 Å². The van der Waals surface area contributed by atoms with Crippen molar-refractivity contribution in [3.05, 3.63) is 64.4 Å². The molecule has 0 saturated heterocycles. The van der Waals surface area contributed by atoms with Crippen LogP contribution < -0.4 is 5.32 Å². The zero-order valence-electron chi connectivity index (χ0n) is 11.7. The molecular formula is C16H13ClFNO3. The smallest absolute Gasteiger partial charge is 0.338 e. The third-order valence-electron chi connectivity index (χ3n) is 2.87. The van der Waals surface area contributed by atoms with Gasteiger partial charge in [-0.2, -0.15) is 0 Å². The number of ether oxygens (including phenoxy) is 1. The fourth-order valence-electron chi connectivity index (χ4n) is 1.75. The van der Waals surface area contributed by atoms with E-state index in [0.29, 0.717) is 16.3 Å². The van der Waals surface area contributed by atoms with E-state index in [1.807, 2.05) is 0 Å². The van der Waals surface area contributed by atoms with Crippen LogP contribution in [0.25, 0.3) is 0 Å². The standard InChI is InChI=1S/C16H13ClFNO3/c1-10-5-6-13(18)8-14(10)19-15(20)9-22-16(21)11-3-2-4-12(17)7-11/h2-8H,9H2,1H3,(H,19,20). The highest BCUT2D eigenvalue weighted by Gasteiger charge is 2.11. The number of carbonyl (C=O) groups is 2. The fourth-order valence-corrected chi connectivity index (χ4v) is 1.94. The van der Waals surface area contributed by atoms with E-state index in [0.717, 1.165) is 0 Å². The molecule has 1 amide bonds. The number of aryl methyl sites for hydroxylation is 1. The van der Waals surface area contributed by atoms with Gasteiger partial charge in [-0.15, -0.1) is 0 Å². The van der Waals surface area contributed by atoms with Crippen LogP contribution in [0.15, 0.2) is 42.5 Å². The van der Waals surface area contributed by atoms with Gasteiger partial charge in [-0.25, -0.2) is 9.18 Å². The van der Waals surface area contributed by atoms with Crippen molar-refractivity contribution in [3.63, 3.8) is 0 Å². The molecule has 0 heterocycles. The summed E-state index contributed by atoms with van der Waals surface area (Å²) in [4.78, 5) is 23.5. The van der Waals surface area contributed by atoms with Crippen LogP contribution in [0.5, 0.6) is 0 Å². The van der Waals surface area contributed by atoms with E-state index in [9.17, 15) is 14.0 Å². The molecule has 4 nitrogen and oxygen atoms in total. The topological polar surface area (TPSA) is 55.4 Å². The van der Waals surface area contributed by atoms with E-state index in [-0.39, 0.29) is 5.56 Å². The van der Waals surface area contributed by atoms with Crippen molar-refractivity contribution in [2.24, 2.45) is 0 Å². The lowest BCUT2D eigenvalue weighted by atomic mass is 10.2. The van der Waals surface area contributed by atoms with Crippen LogP contribution in [0.3, 0.4) is 0 Å². The van der Waals surface area contributed by atoms with Gasteiger partial charge in [-0.1, -0.05) is 23.7 Å². The molecule has 22 heavy (non-hydrogen) atoms. The molecule has 0 unspecified atom stereocenters. The number of benzene rings is 2. The summed E-state index contributed by atoms with van der Waals surface area (Å²) in [6.45, 7) is 1.26. The maximum absolute atomic E-state index is 13.1. The Morgan fingerprint density at radius 2 is 2.00 bits per heavy atom. The molecule has 0 bridgehead atoms. The van der Waals surface area contributed by atoms with Crippen LogP contribution in [0.2, 0.25) is 5.02 Å². The maximum Gasteiger partial charge on any atom is 0.338 e. The average molecular weight is 322 g/mol. The van der Waals surface area contributed by atoms with Crippen molar-refractivity contribution in [1.29, 1.82) is 0 Å². The summed E-state index contributed by atoms with van der Waals surface area (Å²) < 4.78 is 18.0. The number of anilines is 1. The van der Waals surface area contributed by atoms with E-state index < -0.39 is 24.3 Å². The minimum Gasteiger partial charge on any atom is -0.452 e. The monoisotopic (exact) mass is 321 g/mol. The van der Waals surface area contributed by atoms with Crippen LogP contribution in [-0.2, 0) is 9.53 Å². The first-order chi connectivity index (χ1) is 10.5. The molecule has 0 aliphatic rings. The number of rotatable bonds is 4. The predicted molar refractivity (Wildman–Crippen MR) is 81.5 cm³/mol. The Labute approximate surface area is 131 Å². The number of esters is 1. The van der Waals surface area contributed by atoms with Gasteiger partial charge in [0.15, 0.2) is 6.61 Å². The summed E-state index contributed by atoms with van der Waals surface area (Å²) in [6, 6.07) is 10.2. The van der Waals surface area contributed by atoms with Crippen LogP contribution in [0.1, 0.15) is 15.9 Å². The molecule has 0 spiro atoms. The molecule has 2 aromatic rings. The highest BCUT2D eigenvalue weighted by atomic mass is 35.5. The van der Waals surface area contributed by atoms with Gasteiger partial charge in [0, 0.05) is 10.7 Å². The lowest BCUT2D eigenvalue weighted by molar-refractivity contribution is -0.119. The van der Waals surface area contributed by atoms with Crippen LogP contribution >= 0.6 is 11.6 Å².